The quantitative estimate of drug-likeness (QED) is 0.607. The number of benzene rings is 1. The molecule has 0 radical (unpaired) electrons. The third kappa shape index (κ3) is 3.21. The summed E-state index contributed by atoms with van der Waals surface area (Å²) in [6, 6.07) is 3.11. The Morgan fingerprint density at radius 1 is 1.52 bits per heavy atom. The van der Waals surface area contributed by atoms with Gasteiger partial charge in [0.15, 0.2) is 5.75 Å². The van der Waals surface area contributed by atoms with Crippen molar-refractivity contribution in [1.82, 2.24) is 9.78 Å². The Hall–Kier alpha value is -1.96. The Morgan fingerprint density at radius 2 is 2.24 bits per heavy atom. The van der Waals surface area contributed by atoms with Gasteiger partial charge in [-0.2, -0.15) is 5.10 Å². The summed E-state index contributed by atoms with van der Waals surface area (Å²) < 4.78 is 21.1. The molecule has 0 aliphatic heterocycles. The Bertz CT molecular complexity index is 688. The molecule has 2 rings (SSSR count). The van der Waals surface area contributed by atoms with E-state index in [0.29, 0.717) is 0 Å². The highest BCUT2D eigenvalue weighted by Crippen LogP contribution is 2.29. The number of hydrogen-bond acceptors (Lipinski definition) is 4. The summed E-state index contributed by atoms with van der Waals surface area (Å²) in [4.78, 5) is 10.3. The first kappa shape index (κ1) is 15.4. The lowest BCUT2D eigenvalue weighted by atomic mass is 10.3. The van der Waals surface area contributed by atoms with Crippen LogP contribution in [0.3, 0.4) is 0 Å². The van der Waals surface area contributed by atoms with Crippen molar-refractivity contribution in [2.75, 3.05) is 0 Å². The first-order chi connectivity index (χ1) is 9.93. The predicted molar refractivity (Wildman–Crippen MR) is 77.7 cm³/mol. The highest BCUT2D eigenvalue weighted by molar-refractivity contribution is 9.10. The molecule has 0 aliphatic carbocycles. The number of nitro groups is 1. The van der Waals surface area contributed by atoms with Gasteiger partial charge in [0.05, 0.1) is 20.8 Å². The lowest BCUT2D eigenvalue weighted by molar-refractivity contribution is -0.386. The van der Waals surface area contributed by atoms with Gasteiger partial charge in [0, 0.05) is 19.2 Å². The van der Waals surface area contributed by atoms with Gasteiger partial charge in [-0.1, -0.05) is 6.92 Å². The molecule has 0 atom stereocenters. The molecule has 0 fully saturated rings. The average molecular weight is 358 g/mol. The standard InChI is InChI=1S/C13H13BrFN3O3/c1-3-9-13(14)11(17(2)16-9)7-21-12-6-8(15)4-5-10(12)18(19)20/h4-6H,3,7H2,1-2H3. The Morgan fingerprint density at radius 3 is 2.81 bits per heavy atom. The van der Waals surface area contributed by atoms with E-state index in [0.717, 1.165) is 40.5 Å². The fourth-order valence-electron chi connectivity index (χ4n) is 1.88. The van der Waals surface area contributed by atoms with Crippen LogP contribution in [0, 0.1) is 15.9 Å². The van der Waals surface area contributed by atoms with E-state index in [1.807, 2.05) is 6.92 Å². The molecular formula is C13H13BrFN3O3. The number of nitrogens with zero attached hydrogens (tertiary/aromatic N) is 3. The molecule has 1 aromatic heterocycles. The lowest BCUT2D eigenvalue weighted by Crippen LogP contribution is -2.05. The molecule has 0 amide bonds. The zero-order valence-corrected chi connectivity index (χ0v) is 13.1. The molecule has 0 saturated heterocycles. The number of ether oxygens (including phenoxy) is 1. The van der Waals surface area contributed by atoms with Crippen molar-refractivity contribution in [1.29, 1.82) is 0 Å². The smallest absolute Gasteiger partial charge is 0.311 e. The summed E-state index contributed by atoms with van der Waals surface area (Å²) in [5.74, 6) is -0.694. The Labute approximate surface area is 128 Å². The molecule has 0 N–H and O–H groups in total. The van der Waals surface area contributed by atoms with Crippen molar-refractivity contribution in [2.45, 2.75) is 20.0 Å². The van der Waals surface area contributed by atoms with Crippen molar-refractivity contribution in [3.63, 3.8) is 0 Å². The van der Waals surface area contributed by atoms with Crippen LogP contribution in [-0.2, 0) is 20.1 Å². The van der Waals surface area contributed by atoms with E-state index >= 15 is 0 Å². The van der Waals surface area contributed by atoms with E-state index < -0.39 is 10.7 Å². The molecule has 6 nitrogen and oxygen atoms in total. The molecule has 0 unspecified atom stereocenters. The maximum atomic E-state index is 13.2. The van der Waals surface area contributed by atoms with Crippen LogP contribution >= 0.6 is 15.9 Å². The molecule has 1 aromatic carbocycles. The minimum absolute atomic E-state index is 0.0500. The molecule has 0 saturated carbocycles. The largest absolute Gasteiger partial charge is 0.480 e. The number of nitro benzene ring substituents is 1. The van der Waals surface area contributed by atoms with E-state index in [1.165, 1.54) is 0 Å². The van der Waals surface area contributed by atoms with Gasteiger partial charge in [-0.05, 0) is 28.4 Å². The SMILES string of the molecule is CCc1nn(C)c(COc2cc(F)ccc2[N+](=O)[O-])c1Br. The summed E-state index contributed by atoms with van der Waals surface area (Å²) in [5.41, 5.74) is 1.32. The van der Waals surface area contributed by atoms with Gasteiger partial charge in [0.25, 0.3) is 0 Å². The van der Waals surface area contributed by atoms with Gasteiger partial charge in [0.1, 0.15) is 12.4 Å². The third-order valence-electron chi connectivity index (χ3n) is 2.99. The number of aromatic nitrogens is 2. The van der Waals surface area contributed by atoms with E-state index in [4.69, 9.17) is 4.74 Å². The molecule has 0 aliphatic rings. The predicted octanol–water partition coefficient (Wildman–Crippen LogP) is 3.37. The lowest BCUT2D eigenvalue weighted by Gasteiger charge is -2.07. The van der Waals surface area contributed by atoms with Crippen molar-refractivity contribution in [3.05, 3.63) is 50.0 Å². The summed E-state index contributed by atoms with van der Waals surface area (Å²) in [7, 11) is 1.75. The van der Waals surface area contributed by atoms with Crippen molar-refractivity contribution >= 4 is 21.6 Å². The van der Waals surface area contributed by atoms with Gasteiger partial charge in [-0.3, -0.25) is 14.8 Å². The van der Waals surface area contributed by atoms with Crippen LogP contribution in [0.5, 0.6) is 5.75 Å². The van der Waals surface area contributed by atoms with Crippen LogP contribution in [0.25, 0.3) is 0 Å². The normalized spacial score (nSPS) is 10.7. The molecule has 0 spiro atoms. The molecule has 2 aromatic rings. The maximum Gasteiger partial charge on any atom is 0.311 e. The van der Waals surface area contributed by atoms with E-state index in [9.17, 15) is 14.5 Å². The van der Waals surface area contributed by atoms with Crippen LogP contribution < -0.4 is 4.74 Å². The van der Waals surface area contributed by atoms with Gasteiger partial charge in [-0.15, -0.1) is 0 Å². The number of aryl methyl sites for hydroxylation is 2. The molecule has 0 bridgehead atoms. The number of halogens is 2. The van der Waals surface area contributed by atoms with Gasteiger partial charge < -0.3 is 4.74 Å². The first-order valence-electron chi connectivity index (χ1n) is 6.21. The highest BCUT2D eigenvalue weighted by Gasteiger charge is 2.18. The Balaban J connectivity index is 2.26. The van der Waals surface area contributed by atoms with Crippen LogP contribution in [-0.4, -0.2) is 14.7 Å². The summed E-state index contributed by atoms with van der Waals surface area (Å²) in [6.45, 7) is 2.02. The summed E-state index contributed by atoms with van der Waals surface area (Å²) in [6.07, 6.45) is 0.745. The molecular weight excluding hydrogens is 345 g/mol. The second-order valence-corrected chi connectivity index (χ2v) is 5.14. The van der Waals surface area contributed by atoms with Crippen LogP contribution in [0.2, 0.25) is 0 Å². The van der Waals surface area contributed by atoms with E-state index in [1.54, 1.807) is 11.7 Å². The van der Waals surface area contributed by atoms with Crippen molar-refractivity contribution < 1.29 is 14.1 Å². The minimum atomic E-state index is -0.607. The minimum Gasteiger partial charge on any atom is -0.480 e. The van der Waals surface area contributed by atoms with E-state index in [-0.39, 0.29) is 18.0 Å². The van der Waals surface area contributed by atoms with Crippen molar-refractivity contribution in [2.24, 2.45) is 7.05 Å². The topological polar surface area (TPSA) is 70.2 Å². The number of hydrogen-bond donors (Lipinski definition) is 0. The summed E-state index contributed by atoms with van der Waals surface area (Å²) >= 11 is 3.43. The van der Waals surface area contributed by atoms with Gasteiger partial charge in [-0.25, -0.2) is 4.39 Å². The zero-order valence-electron chi connectivity index (χ0n) is 11.5. The fourth-order valence-corrected chi connectivity index (χ4v) is 2.61. The second-order valence-electron chi connectivity index (χ2n) is 4.34. The maximum absolute atomic E-state index is 13.2. The van der Waals surface area contributed by atoms with Crippen LogP contribution in [0.1, 0.15) is 18.3 Å². The van der Waals surface area contributed by atoms with Crippen LogP contribution in [0.4, 0.5) is 10.1 Å². The van der Waals surface area contributed by atoms with Crippen LogP contribution in [0.15, 0.2) is 22.7 Å². The summed E-state index contributed by atoms with van der Waals surface area (Å²) in [5, 5.41) is 15.2. The Kier molecular flexibility index (Phi) is 4.56. The monoisotopic (exact) mass is 357 g/mol. The van der Waals surface area contributed by atoms with E-state index in [2.05, 4.69) is 21.0 Å². The molecule has 112 valence electrons. The second kappa shape index (κ2) is 6.21. The van der Waals surface area contributed by atoms with Gasteiger partial charge in [0.2, 0.25) is 0 Å². The third-order valence-corrected chi connectivity index (χ3v) is 3.90. The van der Waals surface area contributed by atoms with Crippen molar-refractivity contribution in [3.8, 4) is 5.75 Å². The average Bonchev–Trinajstić information content (AvgIpc) is 2.71. The molecule has 1 heterocycles. The number of rotatable bonds is 5. The molecule has 8 heteroatoms. The first-order valence-corrected chi connectivity index (χ1v) is 7.00. The molecule has 21 heavy (non-hydrogen) atoms. The fraction of sp³-hybridized carbons (Fsp3) is 0.308. The van der Waals surface area contributed by atoms with Gasteiger partial charge >= 0.3 is 5.69 Å². The zero-order chi connectivity index (χ0) is 15.6. The highest BCUT2D eigenvalue weighted by atomic mass is 79.9.